The van der Waals surface area contributed by atoms with E-state index in [1.54, 1.807) is 18.2 Å². The Labute approximate surface area is 116 Å². The van der Waals surface area contributed by atoms with Crippen LogP contribution in [0.5, 0.6) is 0 Å². The van der Waals surface area contributed by atoms with Crippen molar-refractivity contribution in [2.75, 3.05) is 0 Å². The average Bonchev–Trinajstić information content (AvgIpc) is 2.81. The molecule has 1 aromatic carbocycles. The average molecular weight is 288 g/mol. The second-order valence-corrected chi connectivity index (χ2v) is 5.01. The van der Waals surface area contributed by atoms with Gasteiger partial charge in [-0.3, -0.25) is 0 Å². The third-order valence-corrected chi connectivity index (χ3v) is 3.55. The SMILES string of the molecule is O=C(O)c1ccc(Sc2cc3n[nH]c(=O)n3cn2)cc1. The van der Waals surface area contributed by atoms with E-state index in [-0.39, 0.29) is 11.3 Å². The van der Waals surface area contributed by atoms with Gasteiger partial charge in [0.05, 0.1) is 5.56 Å². The van der Waals surface area contributed by atoms with Crippen LogP contribution in [0, 0.1) is 0 Å². The quantitative estimate of drug-likeness (QED) is 0.704. The standard InChI is InChI=1S/C12H8N4O3S/c17-11(18)7-1-3-8(4-2-7)20-10-5-9-14-15-12(19)16(9)6-13-10/h1-6H,(H,15,19)(H,17,18). The number of hydrogen-bond donors (Lipinski definition) is 2. The van der Waals surface area contributed by atoms with E-state index in [1.807, 2.05) is 0 Å². The van der Waals surface area contributed by atoms with Gasteiger partial charge in [-0.05, 0) is 24.3 Å². The summed E-state index contributed by atoms with van der Waals surface area (Å²) in [5.41, 5.74) is 0.376. The first kappa shape index (κ1) is 12.4. The molecule has 0 aliphatic carbocycles. The number of carbonyl (C=O) groups is 1. The Balaban J connectivity index is 1.88. The van der Waals surface area contributed by atoms with Gasteiger partial charge in [0.25, 0.3) is 0 Å². The summed E-state index contributed by atoms with van der Waals surface area (Å²) >= 11 is 1.36. The molecule has 100 valence electrons. The summed E-state index contributed by atoms with van der Waals surface area (Å²) in [4.78, 5) is 27.0. The van der Waals surface area contributed by atoms with E-state index in [2.05, 4.69) is 15.2 Å². The summed E-state index contributed by atoms with van der Waals surface area (Å²) in [5, 5.41) is 15.7. The highest BCUT2D eigenvalue weighted by Crippen LogP contribution is 2.26. The van der Waals surface area contributed by atoms with Crippen LogP contribution in [-0.2, 0) is 0 Å². The van der Waals surface area contributed by atoms with Crippen LogP contribution >= 0.6 is 11.8 Å². The van der Waals surface area contributed by atoms with Gasteiger partial charge in [-0.25, -0.2) is 24.1 Å². The first-order valence-corrected chi connectivity index (χ1v) is 6.39. The van der Waals surface area contributed by atoms with Crippen molar-refractivity contribution in [1.82, 2.24) is 19.6 Å². The van der Waals surface area contributed by atoms with Gasteiger partial charge in [-0.2, -0.15) is 5.10 Å². The zero-order valence-corrected chi connectivity index (χ0v) is 10.8. The van der Waals surface area contributed by atoms with Gasteiger partial charge in [-0.1, -0.05) is 11.8 Å². The van der Waals surface area contributed by atoms with Gasteiger partial charge < -0.3 is 5.11 Å². The molecule has 0 radical (unpaired) electrons. The zero-order chi connectivity index (χ0) is 14.1. The fourth-order valence-electron chi connectivity index (χ4n) is 1.63. The van der Waals surface area contributed by atoms with Crippen LogP contribution in [0.4, 0.5) is 0 Å². The number of carboxylic acids is 1. The fraction of sp³-hybridized carbons (Fsp3) is 0. The molecule has 2 aromatic heterocycles. The predicted molar refractivity (Wildman–Crippen MR) is 71.1 cm³/mol. The minimum absolute atomic E-state index is 0.233. The highest BCUT2D eigenvalue weighted by atomic mass is 32.2. The number of aromatic nitrogens is 4. The van der Waals surface area contributed by atoms with Crippen molar-refractivity contribution >= 4 is 23.4 Å². The first-order valence-electron chi connectivity index (χ1n) is 5.57. The number of H-pyrrole nitrogens is 1. The predicted octanol–water partition coefficient (Wildman–Crippen LogP) is 1.27. The third kappa shape index (κ3) is 2.28. The van der Waals surface area contributed by atoms with E-state index in [0.29, 0.717) is 10.7 Å². The maximum atomic E-state index is 11.3. The molecule has 3 aromatic rings. The molecule has 0 saturated carbocycles. The van der Waals surface area contributed by atoms with Crippen LogP contribution in [0.25, 0.3) is 5.65 Å². The molecule has 0 unspecified atom stereocenters. The monoisotopic (exact) mass is 288 g/mol. The van der Waals surface area contributed by atoms with E-state index in [1.165, 1.54) is 34.6 Å². The van der Waals surface area contributed by atoms with Crippen LogP contribution in [0.2, 0.25) is 0 Å². The van der Waals surface area contributed by atoms with Gasteiger partial charge >= 0.3 is 11.7 Å². The molecule has 0 amide bonds. The van der Waals surface area contributed by atoms with Gasteiger partial charge in [0, 0.05) is 11.0 Å². The van der Waals surface area contributed by atoms with Crippen LogP contribution in [0.3, 0.4) is 0 Å². The normalized spacial score (nSPS) is 10.8. The molecule has 8 heteroatoms. The molecule has 0 aliphatic heterocycles. The minimum atomic E-state index is -0.961. The number of fused-ring (bicyclic) bond motifs is 1. The van der Waals surface area contributed by atoms with E-state index in [9.17, 15) is 9.59 Å². The lowest BCUT2D eigenvalue weighted by Gasteiger charge is -2.01. The Hall–Kier alpha value is -2.61. The molecule has 7 nitrogen and oxygen atoms in total. The number of hydrogen-bond acceptors (Lipinski definition) is 5. The maximum Gasteiger partial charge on any atom is 0.348 e. The van der Waals surface area contributed by atoms with Gasteiger partial charge in [0.15, 0.2) is 5.65 Å². The number of nitrogens with zero attached hydrogens (tertiary/aromatic N) is 3. The third-order valence-electron chi connectivity index (χ3n) is 2.61. The number of rotatable bonds is 3. The summed E-state index contributed by atoms with van der Waals surface area (Å²) in [7, 11) is 0. The summed E-state index contributed by atoms with van der Waals surface area (Å²) < 4.78 is 1.30. The minimum Gasteiger partial charge on any atom is -0.478 e. The molecule has 0 saturated heterocycles. The molecule has 0 bridgehead atoms. The van der Waals surface area contributed by atoms with E-state index in [4.69, 9.17) is 5.11 Å². The van der Waals surface area contributed by atoms with Crippen molar-refractivity contribution in [1.29, 1.82) is 0 Å². The van der Waals surface area contributed by atoms with Gasteiger partial charge in [0.2, 0.25) is 0 Å². The summed E-state index contributed by atoms with van der Waals surface area (Å²) in [6.45, 7) is 0. The van der Waals surface area contributed by atoms with E-state index < -0.39 is 5.97 Å². The van der Waals surface area contributed by atoms with Crippen molar-refractivity contribution in [3.63, 3.8) is 0 Å². The Morgan fingerprint density at radius 2 is 2.05 bits per heavy atom. The van der Waals surface area contributed by atoms with Crippen LogP contribution in [-0.4, -0.2) is 30.7 Å². The lowest BCUT2D eigenvalue weighted by molar-refractivity contribution is 0.0697. The molecule has 2 N–H and O–H groups in total. The number of aromatic carboxylic acids is 1. The fourth-order valence-corrected chi connectivity index (χ4v) is 2.41. The number of benzene rings is 1. The highest BCUT2D eigenvalue weighted by molar-refractivity contribution is 7.99. The molecule has 3 rings (SSSR count). The first-order chi connectivity index (χ1) is 9.63. The molecule has 0 atom stereocenters. The number of aromatic amines is 1. The molecule has 20 heavy (non-hydrogen) atoms. The lowest BCUT2D eigenvalue weighted by atomic mass is 10.2. The Morgan fingerprint density at radius 1 is 1.30 bits per heavy atom. The van der Waals surface area contributed by atoms with Crippen LogP contribution in [0.1, 0.15) is 10.4 Å². The summed E-state index contributed by atoms with van der Waals surface area (Å²) in [6.07, 6.45) is 1.40. The Bertz CT molecular complexity index is 838. The topological polar surface area (TPSA) is 100 Å². The van der Waals surface area contributed by atoms with Crippen molar-refractivity contribution in [3.8, 4) is 0 Å². The molecular weight excluding hydrogens is 280 g/mol. The number of nitrogens with one attached hydrogen (secondary N) is 1. The maximum absolute atomic E-state index is 11.3. The molecule has 0 spiro atoms. The van der Waals surface area contributed by atoms with Crippen molar-refractivity contribution < 1.29 is 9.90 Å². The lowest BCUT2D eigenvalue weighted by Crippen LogP contribution is -2.09. The Kier molecular flexibility index (Phi) is 2.99. The molecule has 0 fully saturated rings. The second kappa shape index (κ2) is 4.82. The Morgan fingerprint density at radius 3 is 2.75 bits per heavy atom. The van der Waals surface area contributed by atoms with E-state index >= 15 is 0 Å². The van der Waals surface area contributed by atoms with Crippen LogP contribution < -0.4 is 5.69 Å². The van der Waals surface area contributed by atoms with Crippen molar-refractivity contribution in [2.45, 2.75) is 9.92 Å². The van der Waals surface area contributed by atoms with Crippen LogP contribution in [0.15, 0.2) is 51.4 Å². The summed E-state index contributed by atoms with van der Waals surface area (Å²) in [5.74, 6) is -0.961. The largest absolute Gasteiger partial charge is 0.478 e. The zero-order valence-electron chi connectivity index (χ0n) is 9.98. The number of carboxylic acid groups (broad SMARTS) is 1. The highest BCUT2D eigenvalue weighted by Gasteiger charge is 2.06. The van der Waals surface area contributed by atoms with Gasteiger partial charge in [0.1, 0.15) is 11.4 Å². The van der Waals surface area contributed by atoms with E-state index in [0.717, 1.165) is 4.90 Å². The molecule has 2 heterocycles. The molecule has 0 aliphatic rings. The van der Waals surface area contributed by atoms with Crippen molar-refractivity contribution in [2.24, 2.45) is 0 Å². The second-order valence-electron chi connectivity index (χ2n) is 3.92. The van der Waals surface area contributed by atoms with Gasteiger partial charge in [-0.15, -0.1) is 0 Å². The van der Waals surface area contributed by atoms with Crippen molar-refractivity contribution in [3.05, 3.63) is 52.7 Å². The summed E-state index contributed by atoms with van der Waals surface area (Å²) in [6, 6.07) is 8.14. The molecular formula is C12H8N4O3S. The smallest absolute Gasteiger partial charge is 0.348 e.